The van der Waals surface area contributed by atoms with Crippen molar-refractivity contribution in [3.63, 3.8) is 0 Å². The Labute approximate surface area is 132 Å². The summed E-state index contributed by atoms with van der Waals surface area (Å²) in [5.74, 6) is 0.664. The maximum Gasteiger partial charge on any atom is 0.139 e. The summed E-state index contributed by atoms with van der Waals surface area (Å²) in [5.41, 5.74) is 1.38. The third kappa shape index (κ3) is 5.51. The normalized spacial score (nSPS) is 11.7. The van der Waals surface area contributed by atoms with Crippen LogP contribution in [0.3, 0.4) is 0 Å². The van der Waals surface area contributed by atoms with Gasteiger partial charge < -0.3 is 10.1 Å². The lowest BCUT2D eigenvalue weighted by Gasteiger charge is -2.24. The van der Waals surface area contributed by atoms with Crippen LogP contribution in [0.25, 0.3) is 0 Å². The van der Waals surface area contributed by atoms with Gasteiger partial charge >= 0.3 is 0 Å². The predicted octanol–water partition coefficient (Wildman–Crippen LogP) is 4.96. The van der Waals surface area contributed by atoms with Crippen LogP contribution in [-0.4, -0.2) is 20.2 Å². The highest BCUT2D eigenvalue weighted by atomic mass is 35.5. The molecule has 1 N–H and O–H groups in total. The molecule has 0 heterocycles. The summed E-state index contributed by atoms with van der Waals surface area (Å²) in [6, 6.07) is 3.76. The Balaban J connectivity index is 2.71. The van der Waals surface area contributed by atoms with E-state index in [9.17, 15) is 0 Å². The van der Waals surface area contributed by atoms with Crippen molar-refractivity contribution in [2.45, 2.75) is 40.0 Å². The van der Waals surface area contributed by atoms with E-state index in [4.69, 9.17) is 27.9 Å². The molecule has 4 heteroatoms. The van der Waals surface area contributed by atoms with E-state index in [1.54, 1.807) is 0 Å². The van der Waals surface area contributed by atoms with E-state index in [-0.39, 0.29) is 5.41 Å². The van der Waals surface area contributed by atoms with Crippen LogP contribution in [0.1, 0.15) is 39.2 Å². The minimum atomic E-state index is 0.289. The van der Waals surface area contributed by atoms with Crippen LogP contribution >= 0.6 is 23.2 Å². The van der Waals surface area contributed by atoms with Crippen molar-refractivity contribution < 1.29 is 4.74 Å². The first-order valence-electron chi connectivity index (χ1n) is 7.15. The van der Waals surface area contributed by atoms with Gasteiger partial charge in [0.25, 0.3) is 0 Å². The molecule has 2 nitrogen and oxygen atoms in total. The van der Waals surface area contributed by atoms with Crippen molar-refractivity contribution in [3.05, 3.63) is 27.7 Å². The Morgan fingerprint density at radius 1 is 1.15 bits per heavy atom. The third-order valence-corrected chi connectivity index (χ3v) is 4.17. The van der Waals surface area contributed by atoms with Crippen molar-refractivity contribution >= 4 is 23.2 Å². The molecular formula is C16H25Cl2NO. The monoisotopic (exact) mass is 317 g/mol. The highest BCUT2D eigenvalue weighted by Crippen LogP contribution is 2.34. The molecule has 0 unspecified atom stereocenters. The predicted molar refractivity (Wildman–Crippen MR) is 88.3 cm³/mol. The van der Waals surface area contributed by atoms with Gasteiger partial charge in [0.15, 0.2) is 0 Å². The number of aryl methyl sites for hydroxylation is 1. The Hall–Kier alpha value is -0.440. The van der Waals surface area contributed by atoms with Gasteiger partial charge in [-0.05, 0) is 56.8 Å². The number of hydrogen-bond acceptors (Lipinski definition) is 2. The van der Waals surface area contributed by atoms with Crippen molar-refractivity contribution in [3.8, 4) is 5.75 Å². The highest BCUT2D eigenvalue weighted by molar-refractivity contribution is 6.34. The van der Waals surface area contributed by atoms with Gasteiger partial charge in [-0.15, -0.1) is 0 Å². The van der Waals surface area contributed by atoms with Crippen molar-refractivity contribution in [2.24, 2.45) is 5.41 Å². The van der Waals surface area contributed by atoms with Gasteiger partial charge in [-0.2, -0.15) is 0 Å². The Morgan fingerprint density at radius 3 is 2.45 bits per heavy atom. The fourth-order valence-electron chi connectivity index (χ4n) is 2.09. The molecule has 0 aliphatic heterocycles. The zero-order chi connectivity index (χ0) is 15.2. The van der Waals surface area contributed by atoms with E-state index >= 15 is 0 Å². The van der Waals surface area contributed by atoms with Gasteiger partial charge in [-0.3, -0.25) is 0 Å². The molecule has 0 atom stereocenters. The molecule has 0 amide bonds. The minimum Gasteiger partial charge on any atom is -0.492 e. The Morgan fingerprint density at radius 2 is 1.85 bits per heavy atom. The molecule has 114 valence electrons. The van der Waals surface area contributed by atoms with Gasteiger partial charge in [0.1, 0.15) is 5.75 Å². The van der Waals surface area contributed by atoms with Crippen molar-refractivity contribution in [2.75, 3.05) is 20.2 Å². The van der Waals surface area contributed by atoms with Crippen LogP contribution in [0, 0.1) is 5.41 Å². The summed E-state index contributed by atoms with van der Waals surface area (Å²) < 4.78 is 5.45. The molecule has 0 aromatic heterocycles. The van der Waals surface area contributed by atoms with Gasteiger partial charge in [0.2, 0.25) is 0 Å². The lowest BCUT2D eigenvalue weighted by molar-refractivity contribution is 0.305. The van der Waals surface area contributed by atoms with Crippen LogP contribution < -0.4 is 10.1 Å². The number of nitrogens with one attached hydrogen (secondary N) is 1. The third-order valence-electron chi connectivity index (χ3n) is 3.52. The van der Waals surface area contributed by atoms with Gasteiger partial charge in [-0.1, -0.05) is 37.0 Å². The Bertz CT molecular complexity index is 433. The van der Waals surface area contributed by atoms with E-state index in [2.05, 4.69) is 19.2 Å². The second-order valence-corrected chi connectivity index (χ2v) is 6.64. The van der Waals surface area contributed by atoms with Gasteiger partial charge in [0, 0.05) is 11.1 Å². The number of rotatable bonds is 8. The van der Waals surface area contributed by atoms with Gasteiger partial charge in [0.05, 0.1) is 11.6 Å². The molecule has 1 aromatic rings. The maximum absolute atomic E-state index is 6.32. The average molecular weight is 318 g/mol. The average Bonchev–Trinajstić information content (AvgIpc) is 2.39. The molecule has 0 spiro atoms. The summed E-state index contributed by atoms with van der Waals surface area (Å²) in [5, 5.41) is 4.58. The van der Waals surface area contributed by atoms with Crippen LogP contribution in [0.2, 0.25) is 10.0 Å². The highest BCUT2D eigenvalue weighted by Gasteiger charge is 2.18. The lowest BCUT2D eigenvalue weighted by atomic mass is 9.83. The SMILES string of the molecule is CCOc1cc(Cl)c(CCC(C)(C)CCNC)cc1Cl. The largest absolute Gasteiger partial charge is 0.492 e. The zero-order valence-corrected chi connectivity index (χ0v) is 14.4. The number of halogens is 2. The maximum atomic E-state index is 6.32. The molecule has 0 fully saturated rings. The van der Waals surface area contributed by atoms with Crippen LogP contribution in [0.5, 0.6) is 5.75 Å². The first-order valence-corrected chi connectivity index (χ1v) is 7.90. The molecule has 0 aliphatic carbocycles. The molecule has 20 heavy (non-hydrogen) atoms. The summed E-state index contributed by atoms with van der Waals surface area (Å²) >= 11 is 12.5. The molecule has 1 aromatic carbocycles. The van der Waals surface area contributed by atoms with Crippen molar-refractivity contribution in [1.82, 2.24) is 5.32 Å². The molecule has 0 saturated heterocycles. The fraction of sp³-hybridized carbons (Fsp3) is 0.625. The minimum absolute atomic E-state index is 0.289. The van der Waals surface area contributed by atoms with E-state index in [0.29, 0.717) is 17.4 Å². The number of ether oxygens (including phenoxy) is 1. The van der Waals surface area contributed by atoms with Crippen LogP contribution in [-0.2, 0) is 6.42 Å². The summed E-state index contributed by atoms with van der Waals surface area (Å²) in [6.07, 6.45) is 3.16. The molecule has 0 radical (unpaired) electrons. The lowest BCUT2D eigenvalue weighted by Crippen LogP contribution is -2.20. The second-order valence-electron chi connectivity index (χ2n) is 5.82. The number of benzene rings is 1. The quantitative estimate of drug-likeness (QED) is 0.731. The number of hydrogen-bond donors (Lipinski definition) is 1. The standard InChI is InChI=1S/C16H25Cl2NO/c1-5-20-15-11-13(17)12(10-14(15)18)6-7-16(2,3)8-9-19-4/h10-11,19H,5-9H2,1-4H3. The first-order chi connectivity index (χ1) is 9.39. The summed E-state index contributed by atoms with van der Waals surface area (Å²) in [4.78, 5) is 0. The summed E-state index contributed by atoms with van der Waals surface area (Å²) in [6.45, 7) is 8.13. The van der Waals surface area contributed by atoms with E-state index < -0.39 is 0 Å². The molecule has 0 saturated carbocycles. The topological polar surface area (TPSA) is 21.3 Å². The zero-order valence-electron chi connectivity index (χ0n) is 12.9. The van der Waals surface area contributed by atoms with Crippen molar-refractivity contribution in [1.29, 1.82) is 0 Å². The smallest absolute Gasteiger partial charge is 0.139 e. The molecular weight excluding hydrogens is 293 g/mol. The molecule has 0 aliphatic rings. The Kier molecular flexibility index (Phi) is 7.14. The fourth-order valence-corrected chi connectivity index (χ4v) is 2.58. The van der Waals surface area contributed by atoms with E-state index in [1.807, 2.05) is 26.1 Å². The molecule has 0 bridgehead atoms. The van der Waals surface area contributed by atoms with Crippen LogP contribution in [0.15, 0.2) is 12.1 Å². The summed E-state index contributed by atoms with van der Waals surface area (Å²) in [7, 11) is 1.99. The van der Waals surface area contributed by atoms with Crippen LogP contribution in [0.4, 0.5) is 0 Å². The second kappa shape index (κ2) is 8.11. The first kappa shape index (κ1) is 17.6. The van der Waals surface area contributed by atoms with Gasteiger partial charge in [-0.25, -0.2) is 0 Å². The van der Waals surface area contributed by atoms with E-state index in [1.165, 1.54) is 0 Å². The van der Waals surface area contributed by atoms with E-state index in [0.717, 1.165) is 36.4 Å². The molecule has 1 rings (SSSR count).